The number of aryl methyl sites for hydroxylation is 1. The highest BCUT2D eigenvalue weighted by molar-refractivity contribution is 5.32. The van der Waals surface area contributed by atoms with Crippen molar-refractivity contribution in [3.63, 3.8) is 0 Å². The quantitative estimate of drug-likeness (QED) is 0.843. The van der Waals surface area contributed by atoms with Crippen molar-refractivity contribution < 1.29 is 4.74 Å². The molecule has 0 aliphatic rings. The molecule has 0 saturated carbocycles. The van der Waals surface area contributed by atoms with E-state index in [0.717, 1.165) is 24.4 Å². The highest BCUT2D eigenvalue weighted by atomic mass is 16.5. The van der Waals surface area contributed by atoms with Crippen molar-refractivity contribution in [3.05, 3.63) is 48.0 Å². The number of nitrogens with zero attached hydrogens (tertiary/aromatic N) is 2. The molecule has 2 aromatic rings. The van der Waals surface area contributed by atoms with E-state index in [1.165, 1.54) is 5.56 Å². The van der Waals surface area contributed by atoms with Crippen molar-refractivity contribution in [1.29, 1.82) is 0 Å². The van der Waals surface area contributed by atoms with E-state index in [0.29, 0.717) is 6.61 Å². The largest absolute Gasteiger partial charge is 0.494 e. The Labute approximate surface area is 120 Å². The summed E-state index contributed by atoms with van der Waals surface area (Å²) in [5.41, 5.74) is 2.26. The van der Waals surface area contributed by atoms with E-state index in [4.69, 9.17) is 4.74 Å². The van der Waals surface area contributed by atoms with Crippen LogP contribution >= 0.6 is 0 Å². The van der Waals surface area contributed by atoms with Crippen LogP contribution in [0.2, 0.25) is 0 Å². The van der Waals surface area contributed by atoms with Gasteiger partial charge in [0, 0.05) is 13.2 Å². The first-order valence-electron chi connectivity index (χ1n) is 7.18. The summed E-state index contributed by atoms with van der Waals surface area (Å²) in [4.78, 5) is 4.47. The first kappa shape index (κ1) is 14.6. The zero-order valence-corrected chi connectivity index (χ0v) is 12.5. The number of nitrogens with one attached hydrogen (secondary N) is 1. The summed E-state index contributed by atoms with van der Waals surface area (Å²) in [6, 6.07) is 8.37. The Kier molecular flexibility index (Phi) is 5.18. The number of hydrogen-bond acceptors (Lipinski definition) is 3. The zero-order valence-electron chi connectivity index (χ0n) is 12.5. The molecule has 2 rings (SSSR count). The van der Waals surface area contributed by atoms with Crippen LogP contribution in [-0.4, -0.2) is 22.7 Å². The van der Waals surface area contributed by atoms with E-state index in [1.54, 1.807) is 0 Å². The van der Waals surface area contributed by atoms with Crippen molar-refractivity contribution >= 4 is 0 Å². The highest BCUT2D eigenvalue weighted by Gasteiger charge is 2.15. The Hall–Kier alpha value is -1.81. The normalized spacial score (nSPS) is 12.3. The molecule has 20 heavy (non-hydrogen) atoms. The highest BCUT2D eigenvalue weighted by Crippen LogP contribution is 2.23. The summed E-state index contributed by atoms with van der Waals surface area (Å²) in [5.74, 6) is 0.909. The van der Waals surface area contributed by atoms with Gasteiger partial charge in [0.2, 0.25) is 0 Å². The van der Waals surface area contributed by atoms with E-state index in [9.17, 15) is 0 Å². The molecule has 1 aromatic carbocycles. The second kappa shape index (κ2) is 7.10. The van der Waals surface area contributed by atoms with Gasteiger partial charge in [-0.2, -0.15) is 0 Å². The van der Waals surface area contributed by atoms with Gasteiger partial charge in [-0.3, -0.25) is 0 Å². The summed E-state index contributed by atoms with van der Waals surface area (Å²) >= 11 is 0. The second-order valence-corrected chi connectivity index (χ2v) is 4.85. The number of ether oxygens (including phenoxy) is 1. The summed E-state index contributed by atoms with van der Waals surface area (Å²) < 4.78 is 7.47. The van der Waals surface area contributed by atoms with E-state index in [-0.39, 0.29) is 6.04 Å². The van der Waals surface area contributed by atoms with Gasteiger partial charge < -0.3 is 14.6 Å². The molecule has 1 heterocycles. The SMILES string of the molecule is CCCNC(c1ccc(OCC)cc1)c1cn(C)cn1. The number of hydrogen-bond donors (Lipinski definition) is 1. The van der Waals surface area contributed by atoms with Gasteiger partial charge in [-0.25, -0.2) is 4.98 Å². The number of imidazole rings is 1. The minimum absolute atomic E-state index is 0.131. The lowest BCUT2D eigenvalue weighted by molar-refractivity contribution is 0.340. The third kappa shape index (κ3) is 3.61. The molecule has 1 N–H and O–H groups in total. The molecule has 108 valence electrons. The fourth-order valence-corrected chi connectivity index (χ4v) is 2.19. The molecule has 4 heteroatoms. The Bertz CT molecular complexity index is 519. The standard InChI is InChI=1S/C16H23N3O/c1-4-10-17-16(15-11-19(3)12-18-15)13-6-8-14(9-7-13)20-5-2/h6-9,11-12,16-17H,4-5,10H2,1-3H3. The van der Waals surface area contributed by atoms with Gasteiger partial charge in [0.05, 0.1) is 24.7 Å². The van der Waals surface area contributed by atoms with E-state index in [2.05, 4.69) is 35.6 Å². The molecule has 0 saturated heterocycles. The van der Waals surface area contributed by atoms with Gasteiger partial charge in [-0.15, -0.1) is 0 Å². The van der Waals surface area contributed by atoms with Crippen molar-refractivity contribution in [2.45, 2.75) is 26.3 Å². The summed E-state index contributed by atoms with van der Waals surface area (Å²) in [6.07, 6.45) is 4.99. The van der Waals surface area contributed by atoms with Gasteiger partial charge in [0.25, 0.3) is 0 Å². The fraction of sp³-hybridized carbons (Fsp3) is 0.438. The Morgan fingerprint density at radius 1 is 1.25 bits per heavy atom. The molecule has 1 unspecified atom stereocenters. The molecule has 0 aliphatic heterocycles. The van der Waals surface area contributed by atoms with Gasteiger partial charge in [-0.05, 0) is 37.6 Å². The third-order valence-electron chi connectivity index (χ3n) is 3.14. The minimum Gasteiger partial charge on any atom is -0.494 e. The molecular weight excluding hydrogens is 250 g/mol. The maximum Gasteiger partial charge on any atom is 0.119 e. The van der Waals surface area contributed by atoms with Crippen LogP contribution in [0.5, 0.6) is 5.75 Å². The molecule has 0 radical (unpaired) electrons. The second-order valence-electron chi connectivity index (χ2n) is 4.85. The third-order valence-corrected chi connectivity index (χ3v) is 3.14. The molecule has 1 atom stereocenters. The Morgan fingerprint density at radius 3 is 2.55 bits per heavy atom. The average Bonchev–Trinajstić information content (AvgIpc) is 2.88. The van der Waals surface area contributed by atoms with E-state index >= 15 is 0 Å². The van der Waals surface area contributed by atoms with Gasteiger partial charge in [-0.1, -0.05) is 19.1 Å². The molecule has 0 bridgehead atoms. The van der Waals surface area contributed by atoms with Crippen LogP contribution in [0.4, 0.5) is 0 Å². The van der Waals surface area contributed by atoms with Crippen LogP contribution in [0, 0.1) is 0 Å². The van der Waals surface area contributed by atoms with E-state index < -0.39 is 0 Å². The number of benzene rings is 1. The lowest BCUT2D eigenvalue weighted by Gasteiger charge is -2.17. The fourth-order valence-electron chi connectivity index (χ4n) is 2.19. The monoisotopic (exact) mass is 273 g/mol. The predicted octanol–water partition coefficient (Wildman–Crippen LogP) is 2.91. The maximum atomic E-state index is 5.49. The molecule has 1 aromatic heterocycles. The number of aromatic nitrogens is 2. The summed E-state index contributed by atoms with van der Waals surface area (Å²) in [7, 11) is 1.99. The first-order valence-corrected chi connectivity index (χ1v) is 7.18. The smallest absolute Gasteiger partial charge is 0.119 e. The van der Waals surface area contributed by atoms with Crippen molar-refractivity contribution in [1.82, 2.24) is 14.9 Å². The van der Waals surface area contributed by atoms with E-state index in [1.807, 2.05) is 37.0 Å². The van der Waals surface area contributed by atoms with Crippen LogP contribution in [0.1, 0.15) is 37.6 Å². The van der Waals surface area contributed by atoms with Gasteiger partial charge in [0.1, 0.15) is 5.75 Å². The number of rotatable bonds is 7. The minimum atomic E-state index is 0.131. The molecule has 0 aliphatic carbocycles. The van der Waals surface area contributed by atoms with Crippen molar-refractivity contribution in [2.75, 3.05) is 13.2 Å². The predicted molar refractivity (Wildman–Crippen MR) is 81.0 cm³/mol. The summed E-state index contributed by atoms with van der Waals surface area (Å²) in [5, 5.41) is 3.55. The Morgan fingerprint density at radius 2 is 2.00 bits per heavy atom. The zero-order chi connectivity index (χ0) is 14.4. The van der Waals surface area contributed by atoms with Gasteiger partial charge >= 0.3 is 0 Å². The van der Waals surface area contributed by atoms with Crippen LogP contribution in [0.3, 0.4) is 0 Å². The molecule has 0 amide bonds. The lowest BCUT2D eigenvalue weighted by Crippen LogP contribution is -2.23. The summed E-state index contributed by atoms with van der Waals surface area (Å²) in [6.45, 7) is 5.82. The van der Waals surface area contributed by atoms with Crippen LogP contribution < -0.4 is 10.1 Å². The first-order chi connectivity index (χ1) is 9.74. The molecule has 4 nitrogen and oxygen atoms in total. The van der Waals surface area contributed by atoms with Gasteiger partial charge in [0.15, 0.2) is 0 Å². The molecule has 0 spiro atoms. The van der Waals surface area contributed by atoms with Crippen molar-refractivity contribution in [2.24, 2.45) is 7.05 Å². The topological polar surface area (TPSA) is 39.1 Å². The maximum absolute atomic E-state index is 5.49. The van der Waals surface area contributed by atoms with Crippen LogP contribution in [0.25, 0.3) is 0 Å². The molecular formula is C16H23N3O. The van der Waals surface area contributed by atoms with Crippen molar-refractivity contribution in [3.8, 4) is 5.75 Å². The average molecular weight is 273 g/mol. The Balaban J connectivity index is 2.21. The van der Waals surface area contributed by atoms with Crippen LogP contribution in [-0.2, 0) is 7.05 Å². The lowest BCUT2D eigenvalue weighted by atomic mass is 10.0. The van der Waals surface area contributed by atoms with Crippen LogP contribution in [0.15, 0.2) is 36.8 Å². The molecule has 0 fully saturated rings.